The average molecular weight is 248 g/mol. The second-order valence-electron chi connectivity index (χ2n) is 3.47. The summed E-state index contributed by atoms with van der Waals surface area (Å²) in [7, 11) is 0. The molecule has 0 aliphatic rings. The Morgan fingerprint density at radius 3 is 2.78 bits per heavy atom. The van der Waals surface area contributed by atoms with Crippen molar-refractivity contribution in [1.82, 2.24) is 10.2 Å². The largest absolute Gasteiger partial charge is 0.478 e. The molecule has 0 fully saturated rings. The molecular weight excluding hydrogens is 239 g/mol. The molecule has 1 aromatic heterocycles. The number of anilines is 3. The normalized spacial score (nSPS) is 10.1. The standard InChI is InChI=1S/C11H9FN4O2/c12-6-2-1-3-7(4-6)14-10-8(11(17)18)5-9(13)15-16-10/h1-5H,(H2,13,15)(H,14,16)(H,17,18). The SMILES string of the molecule is Nc1cc(C(=O)O)c(Nc2cccc(F)c2)nn1. The molecule has 0 saturated carbocycles. The second kappa shape index (κ2) is 4.66. The fourth-order valence-corrected chi connectivity index (χ4v) is 1.37. The van der Waals surface area contributed by atoms with E-state index < -0.39 is 11.8 Å². The molecular formula is C11H9FN4O2. The van der Waals surface area contributed by atoms with E-state index in [1.165, 1.54) is 24.3 Å². The third-order valence-electron chi connectivity index (χ3n) is 2.13. The Labute approximate surface area is 101 Å². The summed E-state index contributed by atoms with van der Waals surface area (Å²) in [4.78, 5) is 11.0. The number of carbonyl (C=O) groups is 1. The average Bonchev–Trinajstić information content (AvgIpc) is 2.31. The molecule has 0 unspecified atom stereocenters. The van der Waals surface area contributed by atoms with Gasteiger partial charge in [0, 0.05) is 11.8 Å². The number of benzene rings is 1. The van der Waals surface area contributed by atoms with Crippen molar-refractivity contribution >= 4 is 23.3 Å². The molecule has 7 heteroatoms. The molecule has 0 amide bonds. The van der Waals surface area contributed by atoms with Gasteiger partial charge in [-0.25, -0.2) is 9.18 Å². The lowest BCUT2D eigenvalue weighted by Crippen LogP contribution is -2.08. The van der Waals surface area contributed by atoms with Crippen LogP contribution in [-0.2, 0) is 0 Å². The molecule has 0 atom stereocenters. The summed E-state index contributed by atoms with van der Waals surface area (Å²) in [5.74, 6) is -1.64. The highest BCUT2D eigenvalue weighted by molar-refractivity contribution is 5.94. The maximum Gasteiger partial charge on any atom is 0.339 e. The van der Waals surface area contributed by atoms with Crippen LogP contribution in [0.15, 0.2) is 30.3 Å². The number of nitrogens with two attached hydrogens (primary N) is 1. The van der Waals surface area contributed by atoms with Gasteiger partial charge < -0.3 is 16.2 Å². The van der Waals surface area contributed by atoms with Crippen molar-refractivity contribution in [3.05, 3.63) is 41.7 Å². The van der Waals surface area contributed by atoms with E-state index in [4.69, 9.17) is 10.8 Å². The summed E-state index contributed by atoms with van der Waals surface area (Å²) in [6.07, 6.45) is 0. The molecule has 2 aromatic rings. The Bertz CT molecular complexity index is 603. The van der Waals surface area contributed by atoms with Gasteiger partial charge in [-0.1, -0.05) is 6.07 Å². The molecule has 0 spiro atoms. The van der Waals surface area contributed by atoms with Gasteiger partial charge in [0.2, 0.25) is 0 Å². The molecule has 0 aliphatic carbocycles. The summed E-state index contributed by atoms with van der Waals surface area (Å²) in [5.41, 5.74) is 5.60. The van der Waals surface area contributed by atoms with Crippen molar-refractivity contribution in [2.45, 2.75) is 0 Å². The summed E-state index contributed by atoms with van der Waals surface area (Å²) in [6.45, 7) is 0. The van der Waals surface area contributed by atoms with E-state index in [1.807, 2.05) is 0 Å². The fraction of sp³-hybridized carbons (Fsp3) is 0. The van der Waals surface area contributed by atoms with Gasteiger partial charge in [-0.05, 0) is 18.2 Å². The number of rotatable bonds is 3. The number of hydrogen-bond donors (Lipinski definition) is 3. The zero-order valence-electron chi connectivity index (χ0n) is 9.09. The second-order valence-corrected chi connectivity index (χ2v) is 3.47. The van der Waals surface area contributed by atoms with E-state index in [-0.39, 0.29) is 17.2 Å². The highest BCUT2D eigenvalue weighted by atomic mass is 19.1. The Hall–Kier alpha value is -2.70. The monoisotopic (exact) mass is 248 g/mol. The van der Waals surface area contributed by atoms with E-state index in [2.05, 4.69) is 15.5 Å². The highest BCUT2D eigenvalue weighted by Crippen LogP contribution is 2.19. The van der Waals surface area contributed by atoms with E-state index >= 15 is 0 Å². The predicted molar refractivity (Wildman–Crippen MR) is 63.1 cm³/mol. The van der Waals surface area contributed by atoms with Crippen LogP contribution in [-0.4, -0.2) is 21.3 Å². The number of nitrogens with one attached hydrogen (secondary N) is 1. The van der Waals surface area contributed by atoms with Crippen LogP contribution in [0, 0.1) is 5.82 Å². The van der Waals surface area contributed by atoms with Crippen LogP contribution in [0.4, 0.5) is 21.7 Å². The van der Waals surface area contributed by atoms with E-state index in [0.29, 0.717) is 5.69 Å². The van der Waals surface area contributed by atoms with Crippen molar-refractivity contribution in [3.8, 4) is 0 Å². The van der Waals surface area contributed by atoms with Gasteiger partial charge in [-0.2, -0.15) is 0 Å². The fourth-order valence-electron chi connectivity index (χ4n) is 1.37. The zero-order chi connectivity index (χ0) is 13.1. The third-order valence-corrected chi connectivity index (χ3v) is 2.13. The van der Waals surface area contributed by atoms with Crippen LogP contribution in [0.5, 0.6) is 0 Å². The van der Waals surface area contributed by atoms with Crippen LogP contribution in [0.3, 0.4) is 0 Å². The highest BCUT2D eigenvalue weighted by Gasteiger charge is 2.13. The number of nitrogens with zero attached hydrogens (tertiary/aromatic N) is 2. The molecule has 4 N–H and O–H groups in total. The predicted octanol–water partition coefficient (Wildman–Crippen LogP) is 1.64. The van der Waals surface area contributed by atoms with Gasteiger partial charge in [0.1, 0.15) is 17.2 Å². The number of aromatic carboxylic acids is 1. The molecule has 18 heavy (non-hydrogen) atoms. The Morgan fingerprint density at radius 1 is 1.33 bits per heavy atom. The Balaban J connectivity index is 2.37. The molecule has 6 nitrogen and oxygen atoms in total. The number of halogens is 1. The van der Waals surface area contributed by atoms with Crippen LogP contribution in [0.2, 0.25) is 0 Å². The molecule has 0 radical (unpaired) electrons. The van der Waals surface area contributed by atoms with E-state index in [9.17, 15) is 9.18 Å². The lowest BCUT2D eigenvalue weighted by molar-refractivity contribution is 0.0697. The number of carboxylic acid groups (broad SMARTS) is 1. The zero-order valence-corrected chi connectivity index (χ0v) is 9.09. The topological polar surface area (TPSA) is 101 Å². The minimum atomic E-state index is -1.20. The minimum Gasteiger partial charge on any atom is -0.478 e. The van der Waals surface area contributed by atoms with Crippen molar-refractivity contribution in [2.24, 2.45) is 0 Å². The van der Waals surface area contributed by atoms with Gasteiger partial charge >= 0.3 is 5.97 Å². The smallest absolute Gasteiger partial charge is 0.339 e. The minimum absolute atomic E-state index is 0.00213. The Kier molecular flexibility index (Phi) is 3.05. The first-order valence-corrected chi connectivity index (χ1v) is 4.95. The molecule has 0 bridgehead atoms. The number of aromatic nitrogens is 2. The van der Waals surface area contributed by atoms with E-state index in [1.54, 1.807) is 6.07 Å². The number of hydrogen-bond acceptors (Lipinski definition) is 5. The van der Waals surface area contributed by atoms with Crippen LogP contribution in [0.25, 0.3) is 0 Å². The van der Waals surface area contributed by atoms with Gasteiger partial charge in [0.15, 0.2) is 5.82 Å². The van der Waals surface area contributed by atoms with Crippen molar-refractivity contribution < 1.29 is 14.3 Å². The molecule has 2 rings (SSSR count). The van der Waals surface area contributed by atoms with Gasteiger partial charge in [0.25, 0.3) is 0 Å². The maximum atomic E-state index is 13.0. The van der Waals surface area contributed by atoms with Crippen molar-refractivity contribution in [3.63, 3.8) is 0 Å². The molecule has 0 aliphatic heterocycles. The van der Waals surface area contributed by atoms with Crippen LogP contribution >= 0.6 is 0 Å². The first kappa shape index (κ1) is 11.8. The number of carboxylic acids is 1. The van der Waals surface area contributed by atoms with Crippen LogP contribution < -0.4 is 11.1 Å². The first-order chi connectivity index (χ1) is 8.56. The lowest BCUT2D eigenvalue weighted by Gasteiger charge is -2.08. The maximum absolute atomic E-state index is 13.0. The molecule has 1 aromatic carbocycles. The van der Waals surface area contributed by atoms with Gasteiger partial charge in [-0.15, -0.1) is 10.2 Å². The number of nitrogen functional groups attached to an aromatic ring is 1. The molecule has 0 saturated heterocycles. The van der Waals surface area contributed by atoms with Crippen molar-refractivity contribution in [1.29, 1.82) is 0 Å². The van der Waals surface area contributed by atoms with Crippen LogP contribution in [0.1, 0.15) is 10.4 Å². The quantitative estimate of drug-likeness (QED) is 0.763. The molecule has 92 valence electrons. The van der Waals surface area contributed by atoms with Crippen molar-refractivity contribution in [2.75, 3.05) is 11.1 Å². The summed E-state index contributed by atoms with van der Waals surface area (Å²) >= 11 is 0. The Morgan fingerprint density at radius 2 is 2.11 bits per heavy atom. The lowest BCUT2D eigenvalue weighted by atomic mass is 10.2. The van der Waals surface area contributed by atoms with Gasteiger partial charge in [0.05, 0.1) is 0 Å². The summed E-state index contributed by atoms with van der Waals surface area (Å²) < 4.78 is 13.0. The van der Waals surface area contributed by atoms with Gasteiger partial charge in [-0.3, -0.25) is 0 Å². The molecule has 1 heterocycles. The third kappa shape index (κ3) is 2.51. The van der Waals surface area contributed by atoms with E-state index in [0.717, 1.165) is 0 Å². The summed E-state index contributed by atoms with van der Waals surface area (Å²) in [5, 5.41) is 18.8. The first-order valence-electron chi connectivity index (χ1n) is 4.95. The summed E-state index contributed by atoms with van der Waals surface area (Å²) in [6, 6.07) is 6.73.